The van der Waals surface area contributed by atoms with Crippen molar-refractivity contribution in [3.8, 4) is 0 Å². The Hall–Kier alpha value is -1.23. The van der Waals surface area contributed by atoms with E-state index in [2.05, 4.69) is 0 Å². The molecular weight excluding hydrogens is 196 g/mol. The van der Waals surface area contributed by atoms with E-state index in [0.29, 0.717) is 31.4 Å². The van der Waals surface area contributed by atoms with Gasteiger partial charge in [0.15, 0.2) is 0 Å². The van der Waals surface area contributed by atoms with Crippen molar-refractivity contribution in [1.29, 1.82) is 0 Å². The molecule has 5 heteroatoms. The number of carbonyl (C=O) groups excluding carboxylic acids is 1. The van der Waals surface area contributed by atoms with Crippen LogP contribution in [0.4, 0.5) is 0 Å². The van der Waals surface area contributed by atoms with Gasteiger partial charge < -0.3 is 20.1 Å². The van der Waals surface area contributed by atoms with E-state index in [1.54, 1.807) is 4.90 Å². The van der Waals surface area contributed by atoms with Gasteiger partial charge in [-0.25, -0.2) is 0 Å². The highest BCUT2D eigenvalue weighted by atomic mass is 16.6. The van der Waals surface area contributed by atoms with Gasteiger partial charge in [0.2, 0.25) is 5.76 Å². The number of carbonyl (C=O) groups is 1. The number of nitrogens with two attached hydrogens (primary N) is 1. The van der Waals surface area contributed by atoms with Crippen LogP contribution in [0.15, 0.2) is 12.0 Å². The molecule has 1 fully saturated rings. The van der Waals surface area contributed by atoms with Gasteiger partial charge in [0, 0.05) is 13.1 Å². The minimum atomic E-state index is -0.0781. The molecule has 5 nitrogen and oxygen atoms in total. The monoisotopic (exact) mass is 212 g/mol. The SMILES string of the molecule is NCC1CCN(C(=O)C2=COCCO2)C1. The van der Waals surface area contributed by atoms with E-state index in [4.69, 9.17) is 15.2 Å². The van der Waals surface area contributed by atoms with Gasteiger partial charge in [0.1, 0.15) is 19.5 Å². The predicted octanol–water partition coefficient (Wildman–Crippen LogP) is -0.318. The van der Waals surface area contributed by atoms with Gasteiger partial charge in [0.25, 0.3) is 5.91 Å². The van der Waals surface area contributed by atoms with E-state index in [9.17, 15) is 4.79 Å². The molecule has 0 aromatic rings. The van der Waals surface area contributed by atoms with Crippen LogP contribution in [0.2, 0.25) is 0 Å². The lowest BCUT2D eigenvalue weighted by Crippen LogP contribution is -2.33. The maximum atomic E-state index is 11.9. The number of hydrogen-bond acceptors (Lipinski definition) is 4. The molecular formula is C10H16N2O3. The van der Waals surface area contributed by atoms with Crippen LogP contribution in [-0.4, -0.2) is 43.7 Å². The molecule has 1 saturated heterocycles. The molecule has 0 spiro atoms. The molecule has 2 aliphatic heterocycles. The van der Waals surface area contributed by atoms with E-state index in [1.165, 1.54) is 6.26 Å². The zero-order valence-electron chi connectivity index (χ0n) is 8.65. The van der Waals surface area contributed by atoms with Crippen molar-refractivity contribution in [3.05, 3.63) is 12.0 Å². The fourth-order valence-corrected chi connectivity index (χ4v) is 1.85. The molecule has 84 valence electrons. The summed E-state index contributed by atoms with van der Waals surface area (Å²) in [5.41, 5.74) is 5.57. The van der Waals surface area contributed by atoms with Crippen molar-refractivity contribution in [1.82, 2.24) is 4.90 Å². The summed E-state index contributed by atoms with van der Waals surface area (Å²) in [5.74, 6) is 0.670. The average Bonchev–Trinajstić information content (AvgIpc) is 2.78. The largest absolute Gasteiger partial charge is 0.494 e. The Morgan fingerprint density at radius 1 is 1.60 bits per heavy atom. The van der Waals surface area contributed by atoms with Crippen molar-refractivity contribution in [2.75, 3.05) is 32.8 Å². The summed E-state index contributed by atoms with van der Waals surface area (Å²) in [6.07, 6.45) is 2.39. The highest BCUT2D eigenvalue weighted by molar-refractivity contribution is 5.91. The maximum absolute atomic E-state index is 11.9. The zero-order valence-corrected chi connectivity index (χ0v) is 8.65. The molecule has 0 bridgehead atoms. The van der Waals surface area contributed by atoms with E-state index in [1.807, 2.05) is 0 Å². The molecule has 2 aliphatic rings. The Morgan fingerprint density at radius 2 is 2.47 bits per heavy atom. The fraction of sp³-hybridized carbons (Fsp3) is 0.700. The van der Waals surface area contributed by atoms with Crippen LogP contribution in [0, 0.1) is 5.92 Å². The van der Waals surface area contributed by atoms with Gasteiger partial charge in [-0.3, -0.25) is 4.79 Å². The quantitative estimate of drug-likeness (QED) is 0.681. The highest BCUT2D eigenvalue weighted by Gasteiger charge is 2.28. The van der Waals surface area contributed by atoms with Gasteiger partial charge in [-0.1, -0.05) is 0 Å². The topological polar surface area (TPSA) is 64.8 Å². The Bertz CT molecular complexity index is 278. The average molecular weight is 212 g/mol. The van der Waals surface area contributed by atoms with Crippen LogP contribution in [0.5, 0.6) is 0 Å². The van der Waals surface area contributed by atoms with Crippen molar-refractivity contribution in [2.24, 2.45) is 11.7 Å². The first kappa shape index (κ1) is 10.3. The predicted molar refractivity (Wildman–Crippen MR) is 53.7 cm³/mol. The van der Waals surface area contributed by atoms with E-state index in [-0.39, 0.29) is 5.91 Å². The van der Waals surface area contributed by atoms with Gasteiger partial charge >= 0.3 is 0 Å². The molecule has 1 unspecified atom stereocenters. The number of rotatable bonds is 2. The van der Waals surface area contributed by atoms with Crippen LogP contribution in [-0.2, 0) is 14.3 Å². The Balaban J connectivity index is 1.93. The second-order valence-corrected chi connectivity index (χ2v) is 3.84. The summed E-state index contributed by atoms with van der Waals surface area (Å²) in [7, 11) is 0. The van der Waals surface area contributed by atoms with Crippen LogP contribution >= 0.6 is 0 Å². The Kier molecular flexibility index (Phi) is 3.11. The molecule has 1 atom stereocenters. The number of amides is 1. The minimum Gasteiger partial charge on any atom is -0.494 e. The third kappa shape index (κ3) is 2.23. The summed E-state index contributed by atoms with van der Waals surface area (Å²) in [6.45, 7) is 3.10. The molecule has 0 radical (unpaired) electrons. The first-order chi connectivity index (χ1) is 7.31. The Labute approximate surface area is 88.8 Å². The lowest BCUT2D eigenvalue weighted by atomic mass is 10.1. The summed E-state index contributed by atoms with van der Waals surface area (Å²) in [4.78, 5) is 13.6. The van der Waals surface area contributed by atoms with Crippen LogP contribution in [0.1, 0.15) is 6.42 Å². The van der Waals surface area contributed by atoms with Crippen molar-refractivity contribution < 1.29 is 14.3 Å². The highest BCUT2D eigenvalue weighted by Crippen LogP contribution is 2.18. The van der Waals surface area contributed by atoms with Crippen molar-refractivity contribution in [2.45, 2.75) is 6.42 Å². The number of ether oxygens (including phenoxy) is 2. The van der Waals surface area contributed by atoms with Gasteiger partial charge in [-0.15, -0.1) is 0 Å². The summed E-state index contributed by atoms with van der Waals surface area (Å²) in [6, 6.07) is 0. The lowest BCUT2D eigenvalue weighted by molar-refractivity contribution is -0.131. The fourth-order valence-electron chi connectivity index (χ4n) is 1.85. The smallest absolute Gasteiger partial charge is 0.292 e. The first-order valence-electron chi connectivity index (χ1n) is 5.25. The van der Waals surface area contributed by atoms with Gasteiger partial charge in [-0.05, 0) is 18.9 Å². The molecule has 0 aliphatic carbocycles. The number of hydrogen-bond donors (Lipinski definition) is 1. The first-order valence-corrected chi connectivity index (χ1v) is 5.25. The maximum Gasteiger partial charge on any atom is 0.292 e. The van der Waals surface area contributed by atoms with Gasteiger partial charge in [-0.2, -0.15) is 0 Å². The molecule has 0 aromatic heterocycles. The molecule has 0 saturated carbocycles. The second-order valence-electron chi connectivity index (χ2n) is 3.84. The van der Waals surface area contributed by atoms with Crippen molar-refractivity contribution in [3.63, 3.8) is 0 Å². The minimum absolute atomic E-state index is 0.0781. The summed E-state index contributed by atoms with van der Waals surface area (Å²) < 4.78 is 10.3. The third-order valence-electron chi connectivity index (χ3n) is 2.77. The summed E-state index contributed by atoms with van der Waals surface area (Å²) in [5, 5.41) is 0. The molecule has 2 rings (SSSR count). The molecule has 2 N–H and O–H groups in total. The standard InChI is InChI=1S/C10H16N2O3/c11-5-8-1-2-12(6-8)10(13)9-7-14-3-4-15-9/h7-8H,1-6,11H2. The van der Waals surface area contributed by atoms with E-state index in [0.717, 1.165) is 19.5 Å². The molecule has 0 aromatic carbocycles. The number of nitrogens with zero attached hydrogens (tertiary/aromatic N) is 1. The summed E-state index contributed by atoms with van der Waals surface area (Å²) >= 11 is 0. The zero-order chi connectivity index (χ0) is 10.7. The molecule has 15 heavy (non-hydrogen) atoms. The van der Waals surface area contributed by atoms with Crippen molar-refractivity contribution >= 4 is 5.91 Å². The van der Waals surface area contributed by atoms with Crippen LogP contribution in [0.25, 0.3) is 0 Å². The third-order valence-corrected chi connectivity index (χ3v) is 2.77. The van der Waals surface area contributed by atoms with Gasteiger partial charge in [0.05, 0.1) is 0 Å². The normalized spacial score (nSPS) is 25.5. The van der Waals surface area contributed by atoms with E-state index < -0.39 is 0 Å². The lowest BCUT2D eigenvalue weighted by Gasteiger charge is -2.20. The van der Waals surface area contributed by atoms with E-state index >= 15 is 0 Å². The second kappa shape index (κ2) is 4.53. The number of likely N-dealkylation sites (tertiary alicyclic amines) is 1. The van der Waals surface area contributed by atoms with Crippen LogP contribution < -0.4 is 5.73 Å². The molecule has 1 amide bonds. The molecule has 2 heterocycles. The Morgan fingerprint density at radius 3 is 3.07 bits per heavy atom. The van der Waals surface area contributed by atoms with Crippen LogP contribution in [0.3, 0.4) is 0 Å².